The fraction of sp³-hybridized carbons (Fsp3) is 0.733. The van der Waals surface area contributed by atoms with Crippen LogP contribution in [0.2, 0.25) is 0 Å². The second-order valence-corrected chi connectivity index (χ2v) is 6.13. The summed E-state index contributed by atoms with van der Waals surface area (Å²) in [6.45, 7) is 4.64. The SMILES string of the molecule is CCOC(c1nc(CC)c(Br)c(=O)[nH]1)C1CCCCC1. The first-order valence-electron chi connectivity index (χ1n) is 7.57. The summed E-state index contributed by atoms with van der Waals surface area (Å²) in [5.41, 5.74) is 0.705. The van der Waals surface area contributed by atoms with E-state index in [9.17, 15) is 4.79 Å². The zero-order chi connectivity index (χ0) is 14.5. The molecule has 0 aromatic carbocycles. The average Bonchev–Trinajstić information content (AvgIpc) is 2.48. The van der Waals surface area contributed by atoms with E-state index in [1.807, 2.05) is 13.8 Å². The highest BCUT2D eigenvalue weighted by Gasteiger charge is 2.28. The third-order valence-electron chi connectivity index (χ3n) is 3.98. The standard InChI is InChI=1S/C15H23BrN2O2/c1-3-11-12(16)15(19)18-14(17-11)13(20-4-2)10-8-6-5-7-9-10/h10,13H,3-9H2,1-2H3,(H,17,18,19). The summed E-state index contributed by atoms with van der Waals surface area (Å²) in [5.74, 6) is 1.17. The molecule has 0 aliphatic heterocycles. The number of nitrogens with zero attached hydrogens (tertiary/aromatic N) is 1. The van der Waals surface area contributed by atoms with Crippen LogP contribution in [0.4, 0.5) is 0 Å². The Morgan fingerprint density at radius 3 is 2.65 bits per heavy atom. The lowest BCUT2D eigenvalue weighted by molar-refractivity contribution is -0.000500. The molecule has 1 fully saturated rings. The summed E-state index contributed by atoms with van der Waals surface area (Å²) in [5, 5.41) is 0. The van der Waals surface area contributed by atoms with Crippen molar-refractivity contribution in [1.82, 2.24) is 9.97 Å². The van der Waals surface area contributed by atoms with Gasteiger partial charge in [0.25, 0.3) is 5.56 Å². The third kappa shape index (κ3) is 3.50. The van der Waals surface area contributed by atoms with Gasteiger partial charge in [-0.3, -0.25) is 4.79 Å². The first kappa shape index (κ1) is 15.7. The van der Waals surface area contributed by atoms with Crippen LogP contribution in [0.25, 0.3) is 0 Å². The van der Waals surface area contributed by atoms with Gasteiger partial charge in [0.2, 0.25) is 0 Å². The van der Waals surface area contributed by atoms with Gasteiger partial charge in [0, 0.05) is 6.61 Å². The van der Waals surface area contributed by atoms with Crippen molar-refractivity contribution in [2.75, 3.05) is 6.61 Å². The van der Waals surface area contributed by atoms with E-state index in [2.05, 4.69) is 25.9 Å². The van der Waals surface area contributed by atoms with Gasteiger partial charge >= 0.3 is 0 Å². The smallest absolute Gasteiger partial charge is 0.265 e. The molecule has 0 radical (unpaired) electrons. The number of ether oxygens (including phenoxy) is 1. The van der Waals surface area contributed by atoms with Crippen LogP contribution in [0.3, 0.4) is 0 Å². The molecule has 20 heavy (non-hydrogen) atoms. The molecule has 1 aromatic heterocycles. The number of hydrogen-bond donors (Lipinski definition) is 1. The van der Waals surface area contributed by atoms with E-state index in [0.717, 1.165) is 25.0 Å². The number of aryl methyl sites for hydroxylation is 1. The van der Waals surface area contributed by atoms with Gasteiger partial charge in [-0.2, -0.15) is 0 Å². The molecule has 0 amide bonds. The van der Waals surface area contributed by atoms with Crippen molar-refractivity contribution in [3.05, 3.63) is 26.3 Å². The van der Waals surface area contributed by atoms with E-state index in [1.165, 1.54) is 19.3 Å². The first-order valence-corrected chi connectivity index (χ1v) is 8.36. The molecular formula is C15H23BrN2O2. The quantitative estimate of drug-likeness (QED) is 0.886. The maximum absolute atomic E-state index is 12.0. The maximum atomic E-state index is 12.0. The molecule has 1 unspecified atom stereocenters. The molecule has 1 N–H and O–H groups in total. The van der Waals surface area contributed by atoms with Gasteiger partial charge in [-0.05, 0) is 48.0 Å². The Labute approximate surface area is 128 Å². The Morgan fingerprint density at radius 1 is 1.35 bits per heavy atom. The summed E-state index contributed by atoms with van der Waals surface area (Å²) < 4.78 is 6.46. The van der Waals surface area contributed by atoms with Crippen LogP contribution in [0, 0.1) is 5.92 Å². The zero-order valence-corrected chi connectivity index (χ0v) is 13.8. The van der Waals surface area contributed by atoms with Crippen molar-refractivity contribution in [2.24, 2.45) is 5.92 Å². The van der Waals surface area contributed by atoms with Gasteiger partial charge < -0.3 is 9.72 Å². The number of H-pyrrole nitrogens is 1. The minimum atomic E-state index is -0.104. The summed E-state index contributed by atoms with van der Waals surface area (Å²) in [6.07, 6.45) is 6.77. The minimum Gasteiger partial charge on any atom is -0.370 e. The lowest BCUT2D eigenvalue weighted by atomic mass is 9.85. The van der Waals surface area contributed by atoms with Crippen LogP contribution in [0.5, 0.6) is 0 Å². The van der Waals surface area contributed by atoms with E-state index < -0.39 is 0 Å². The Balaban J connectivity index is 2.33. The van der Waals surface area contributed by atoms with Gasteiger partial charge in [0.1, 0.15) is 16.4 Å². The number of halogens is 1. The fourth-order valence-corrected chi connectivity index (χ4v) is 3.42. The summed E-state index contributed by atoms with van der Waals surface area (Å²) in [4.78, 5) is 19.5. The molecule has 1 heterocycles. The van der Waals surface area contributed by atoms with E-state index >= 15 is 0 Å². The van der Waals surface area contributed by atoms with Crippen LogP contribution in [0.1, 0.15) is 63.6 Å². The number of rotatable bonds is 5. The monoisotopic (exact) mass is 342 g/mol. The highest BCUT2D eigenvalue weighted by molar-refractivity contribution is 9.10. The van der Waals surface area contributed by atoms with E-state index in [-0.39, 0.29) is 11.7 Å². The highest BCUT2D eigenvalue weighted by Crippen LogP contribution is 2.35. The molecule has 5 heteroatoms. The Hall–Kier alpha value is -0.680. The Bertz CT molecular complexity index is 495. The molecule has 112 valence electrons. The second-order valence-electron chi connectivity index (χ2n) is 5.34. The van der Waals surface area contributed by atoms with E-state index in [4.69, 9.17) is 4.74 Å². The Morgan fingerprint density at radius 2 is 2.05 bits per heavy atom. The van der Waals surface area contributed by atoms with Crippen molar-refractivity contribution in [3.63, 3.8) is 0 Å². The lowest BCUT2D eigenvalue weighted by Gasteiger charge is -2.29. The predicted octanol–water partition coefficient (Wildman–Crippen LogP) is 3.75. The highest BCUT2D eigenvalue weighted by atomic mass is 79.9. The summed E-state index contributed by atoms with van der Waals surface area (Å²) in [7, 11) is 0. The summed E-state index contributed by atoms with van der Waals surface area (Å²) >= 11 is 3.31. The Kier molecular flexibility index (Phi) is 5.78. The van der Waals surface area contributed by atoms with Gasteiger partial charge in [-0.1, -0.05) is 26.2 Å². The zero-order valence-electron chi connectivity index (χ0n) is 12.2. The lowest BCUT2D eigenvalue weighted by Crippen LogP contribution is -2.25. The molecule has 1 saturated carbocycles. The molecule has 1 aliphatic rings. The average molecular weight is 343 g/mol. The first-order chi connectivity index (χ1) is 9.67. The molecule has 0 spiro atoms. The topological polar surface area (TPSA) is 55.0 Å². The molecule has 1 aliphatic carbocycles. The van der Waals surface area contributed by atoms with Crippen LogP contribution >= 0.6 is 15.9 Å². The fourth-order valence-electron chi connectivity index (χ4n) is 2.95. The molecule has 1 aromatic rings. The number of nitrogens with one attached hydrogen (secondary N) is 1. The van der Waals surface area contributed by atoms with Crippen LogP contribution in [-0.4, -0.2) is 16.6 Å². The van der Waals surface area contributed by atoms with Crippen molar-refractivity contribution in [1.29, 1.82) is 0 Å². The largest absolute Gasteiger partial charge is 0.370 e. The van der Waals surface area contributed by atoms with Gasteiger partial charge in [0.15, 0.2) is 0 Å². The second kappa shape index (κ2) is 7.36. The van der Waals surface area contributed by atoms with E-state index in [0.29, 0.717) is 22.8 Å². The minimum absolute atomic E-state index is 0.0774. The number of hydrogen-bond acceptors (Lipinski definition) is 3. The molecule has 0 bridgehead atoms. The predicted molar refractivity (Wildman–Crippen MR) is 82.9 cm³/mol. The molecule has 1 atom stereocenters. The van der Waals surface area contributed by atoms with Crippen molar-refractivity contribution in [3.8, 4) is 0 Å². The van der Waals surface area contributed by atoms with Gasteiger partial charge in [-0.15, -0.1) is 0 Å². The van der Waals surface area contributed by atoms with Crippen LogP contribution in [-0.2, 0) is 11.2 Å². The van der Waals surface area contributed by atoms with E-state index in [1.54, 1.807) is 0 Å². The molecule has 0 saturated heterocycles. The molecule has 2 rings (SSSR count). The van der Waals surface area contributed by atoms with Crippen LogP contribution < -0.4 is 5.56 Å². The van der Waals surface area contributed by atoms with Crippen LogP contribution in [0.15, 0.2) is 9.27 Å². The van der Waals surface area contributed by atoms with Crippen molar-refractivity contribution >= 4 is 15.9 Å². The third-order valence-corrected chi connectivity index (χ3v) is 4.80. The van der Waals surface area contributed by atoms with Gasteiger partial charge in [0.05, 0.1) is 5.69 Å². The summed E-state index contributed by atoms with van der Waals surface area (Å²) in [6, 6.07) is 0. The van der Waals surface area contributed by atoms with Crippen molar-refractivity contribution < 1.29 is 4.74 Å². The van der Waals surface area contributed by atoms with Crippen molar-refractivity contribution in [2.45, 2.75) is 58.5 Å². The molecule has 4 nitrogen and oxygen atoms in total. The normalized spacial score (nSPS) is 18.1. The van der Waals surface area contributed by atoms with Gasteiger partial charge in [-0.25, -0.2) is 4.98 Å². The number of aromatic nitrogens is 2. The molecular weight excluding hydrogens is 320 g/mol. The maximum Gasteiger partial charge on any atom is 0.265 e. The number of aromatic amines is 1.